The van der Waals surface area contributed by atoms with E-state index >= 15 is 0 Å². The summed E-state index contributed by atoms with van der Waals surface area (Å²) in [5.41, 5.74) is 1.88. The Labute approximate surface area is 160 Å². The monoisotopic (exact) mass is 395 g/mol. The zero-order valence-electron chi connectivity index (χ0n) is 15.3. The summed E-state index contributed by atoms with van der Waals surface area (Å²) in [5, 5.41) is 3.26. The van der Waals surface area contributed by atoms with E-state index in [0.29, 0.717) is 38.2 Å². The van der Waals surface area contributed by atoms with Crippen LogP contribution in [-0.4, -0.2) is 49.2 Å². The normalized spacial score (nSPS) is 21.0. The average Bonchev–Trinajstić information content (AvgIpc) is 3.10. The van der Waals surface area contributed by atoms with Crippen molar-refractivity contribution in [3.05, 3.63) is 46.3 Å². The molecule has 0 radical (unpaired) electrons. The lowest BCUT2D eigenvalue weighted by molar-refractivity contribution is -0.138. The number of alkyl halides is 3. The standard InChI is InChI=1S/C20H21F4N3O/c21-14-1-2-17(20(22,23)24)16(9-14)12-4-7-27(8-5-12)19(28)18-15-3-6-25-10-13(15)11-26-18/h1-2,9,12,25H,3-8,10-11H2. The zero-order valence-corrected chi connectivity index (χ0v) is 15.3. The number of carbonyl (C=O) groups is 1. The number of aliphatic imine (C=N–C) groups is 1. The number of hydrogen-bond acceptors (Lipinski definition) is 3. The Morgan fingerprint density at radius 1 is 1.21 bits per heavy atom. The smallest absolute Gasteiger partial charge is 0.337 e. The van der Waals surface area contributed by atoms with Crippen molar-refractivity contribution >= 4 is 11.6 Å². The first-order chi connectivity index (χ1) is 13.3. The first-order valence-electron chi connectivity index (χ1n) is 9.47. The van der Waals surface area contributed by atoms with Crippen molar-refractivity contribution in [1.29, 1.82) is 0 Å². The molecular formula is C20H21F4N3O. The lowest BCUT2D eigenvalue weighted by Crippen LogP contribution is -2.42. The number of hydrogen-bond donors (Lipinski definition) is 1. The summed E-state index contributed by atoms with van der Waals surface area (Å²) in [6, 6.07) is 2.63. The van der Waals surface area contributed by atoms with Crippen LogP contribution >= 0.6 is 0 Å². The predicted molar refractivity (Wildman–Crippen MR) is 96.8 cm³/mol. The quantitative estimate of drug-likeness (QED) is 0.781. The van der Waals surface area contributed by atoms with Gasteiger partial charge >= 0.3 is 6.18 Å². The Kier molecular flexibility index (Phi) is 4.99. The third kappa shape index (κ3) is 3.57. The lowest BCUT2D eigenvalue weighted by Gasteiger charge is -2.33. The van der Waals surface area contributed by atoms with E-state index in [0.717, 1.165) is 48.9 Å². The maximum Gasteiger partial charge on any atom is 0.416 e. The molecule has 0 aliphatic carbocycles. The van der Waals surface area contributed by atoms with Gasteiger partial charge in [0.25, 0.3) is 5.91 Å². The number of nitrogens with zero attached hydrogens (tertiary/aromatic N) is 2. The van der Waals surface area contributed by atoms with E-state index < -0.39 is 23.5 Å². The molecule has 1 fully saturated rings. The molecule has 8 heteroatoms. The van der Waals surface area contributed by atoms with E-state index in [1.165, 1.54) is 0 Å². The molecule has 0 atom stereocenters. The molecule has 4 nitrogen and oxygen atoms in total. The number of nitrogens with one attached hydrogen (secondary N) is 1. The van der Waals surface area contributed by atoms with E-state index in [1.54, 1.807) is 4.90 Å². The van der Waals surface area contributed by atoms with Gasteiger partial charge in [-0.25, -0.2) is 4.39 Å². The van der Waals surface area contributed by atoms with Crippen molar-refractivity contribution in [3.8, 4) is 0 Å². The molecular weight excluding hydrogens is 374 g/mol. The van der Waals surface area contributed by atoms with Crippen molar-refractivity contribution in [2.24, 2.45) is 4.99 Å². The van der Waals surface area contributed by atoms with Crippen LogP contribution in [0.1, 0.15) is 36.3 Å². The molecule has 0 unspecified atom stereocenters. The van der Waals surface area contributed by atoms with Crippen LogP contribution in [0.15, 0.2) is 34.3 Å². The highest BCUT2D eigenvalue weighted by atomic mass is 19.4. The first kappa shape index (κ1) is 19.1. The van der Waals surface area contributed by atoms with E-state index in [4.69, 9.17) is 0 Å². The fourth-order valence-corrected chi connectivity index (χ4v) is 4.31. The van der Waals surface area contributed by atoms with Crippen LogP contribution in [-0.2, 0) is 11.0 Å². The van der Waals surface area contributed by atoms with Crippen molar-refractivity contribution in [1.82, 2.24) is 10.2 Å². The second-order valence-corrected chi connectivity index (χ2v) is 7.47. The molecule has 1 saturated heterocycles. The molecule has 28 heavy (non-hydrogen) atoms. The molecule has 0 aromatic heterocycles. The number of piperidine rings is 1. The summed E-state index contributed by atoms with van der Waals surface area (Å²) in [6.45, 7) is 2.79. The second-order valence-electron chi connectivity index (χ2n) is 7.47. The third-order valence-electron chi connectivity index (χ3n) is 5.77. The lowest BCUT2D eigenvalue weighted by atomic mass is 9.86. The number of likely N-dealkylation sites (tertiary alicyclic amines) is 1. The van der Waals surface area contributed by atoms with E-state index in [2.05, 4.69) is 10.3 Å². The molecule has 0 bridgehead atoms. The molecule has 1 aromatic rings. The summed E-state index contributed by atoms with van der Waals surface area (Å²) in [6.07, 6.45) is -3.00. The molecule has 1 aromatic carbocycles. The summed E-state index contributed by atoms with van der Waals surface area (Å²) in [4.78, 5) is 18.9. The topological polar surface area (TPSA) is 44.7 Å². The first-order valence-corrected chi connectivity index (χ1v) is 9.47. The van der Waals surface area contributed by atoms with Gasteiger partial charge < -0.3 is 10.2 Å². The second kappa shape index (κ2) is 7.31. The van der Waals surface area contributed by atoms with Crippen LogP contribution in [0.25, 0.3) is 0 Å². The van der Waals surface area contributed by atoms with Crippen LogP contribution in [0, 0.1) is 5.82 Å². The maximum absolute atomic E-state index is 13.6. The number of benzene rings is 1. The minimum Gasteiger partial charge on any atom is -0.337 e. The highest BCUT2D eigenvalue weighted by molar-refractivity contribution is 6.46. The molecule has 0 saturated carbocycles. The molecule has 4 rings (SSSR count). The van der Waals surface area contributed by atoms with Crippen LogP contribution < -0.4 is 5.32 Å². The van der Waals surface area contributed by atoms with Crippen molar-refractivity contribution in [2.45, 2.75) is 31.4 Å². The fraction of sp³-hybridized carbons (Fsp3) is 0.500. The molecule has 3 heterocycles. The van der Waals surface area contributed by atoms with Crippen molar-refractivity contribution < 1.29 is 22.4 Å². The summed E-state index contributed by atoms with van der Waals surface area (Å²) in [7, 11) is 0. The fourth-order valence-electron chi connectivity index (χ4n) is 4.31. The van der Waals surface area contributed by atoms with Gasteiger partial charge in [-0.05, 0) is 66.6 Å². The van der Waals surface area contributed by atoms with Gasteiger partial charge in [-0.15, -0.1) is 0 Å². The molecule has 0 spiro atoms. The zero-order chi connectivity index (χ0) is 19.9. The van der Waals surface area contributed by atoms with Crippen LogP contribution in [0.4, 0.5) is 17.6 Å². The van der Waals surface area contributed by atoms with E-state index in [-0.39, 0.29) is 11.5 Å². The maximum atomic E-state index is 13.6. The predicted octanol–water partition coefficient (Wildman–Crippen LogP) is 3.30. The van der Waals surface area contributed by atoms with Gasteiger partial charge in [0, 0.05) is 19.6 Å². The van der Waals surface area contributed by atoms with Gasteiger partial charge in [-0.3, -0.25) is 9.79 Å². The van der Waals surface area contributed by atoms with Gasteiger partial charge in [-0.1, -0.05) is 0 Å². The molecule has 150 valence electrons. The Morgan fingerprint density at radius 2 is 1.96 bits per heavy atom. The van der Waals surface area contributed by atoms with Gasteiger partial charge in [0.2, 0.25) is 0 Å². The Bertz CT molecular complexity index is 851. The van der Waals surface area contributed by atoms with E-state index in [9.17, 15) is 22.4 Å². The van der Waals surface area contributed by atoms with Crippen molar-refractivity contribution in [3.63, 3.8) is 0 Å². The van der Waals surface area contributed by atoms with Crippen LogP contribution in [0.2, 0.25) is 0 Å². The van der Waals surface area contributed by atoms with Gasteiger partial charge in [0.15, 0.2) is 0 Å². The summed E-state index contributed by atoms with van der Waals surface area (Å²) < 4.78 is 53.5. The van der Waals surface area contributed by atoms with Gasteiger partial charge in [0.1, 0.15) is 11.5 Å². The Hall–Kier alpha value is -2.22. The number of halogens is 4. The molecule has 1 N–H and O–H groups in total. The summed E-state index contributed by atoms with van der Waals surface area (Å²) >= 11 is 0. The van der Waals surface area contributed by atoms with E-state index in [1.807, 2.05) is 0 Å². The minimum atomic E-state index is -4.52. The average molecular weight is 395 g/mol. The van der Waals surface area contributed by atoms with Crippen molar-refractivity contribution in [2.75, 3.05) is 32.7 Å². The Morgan fingerprint density at radius 3 is 2.68 bits per heavy atom. The highest BCUT2D eigenvalue weighted by Gasteiger charge is 2.37. The SMILES string of the molecule is O=C(C1=NCC2=C1CCNC2)N1CCC(c2cc(F)ccc2C(F)(F)F)CC1. The van der Waals surface area contributed by atoms with Gasteiger partial charge in [-0.2, -0.15) is 13.2 Å². The summed E-state index contributed by atoms with van der Waals surface area (Å²) in [5.74, 6) is -1.23. The number of rotatable bonds is 2. The number of carbonyl (C=O) groups excluding carboxylic acids is 1. The van der Waals surface area contributed by atoms with Gasteiger partial charge in [0.05, 0.1) is 12.1 Å². The molecule has 1 amide bonds. The minimum absolute atomic E-state index is 0.0128. The largest absolute Gasteiger partial charge is 0.416 e. The number of amides is 1. The van der Waals surface area contributed by atoms with Crippen LogP contribution in [0.5, 0.6) is 0 Å². The van der Waals surface area contributed by atoms with Crippen LogP contribution in [0.3, 0.4) is 0 Å². The highest BCUT2D eigenvalue weighted by Crippen LogP contribution is 2.39. The third-order valence-corrected chi connectivity index (χ3v) is 5.77. The molecule has 3 aliphatic rings. The Balaban J connectivity index is 1.47. The molecule has 3 aliphatic heterocycles.